The van der Waals surface area contributed by atoms with E-state index >= 15 is 0 Å². The fourth-order valence-corrected chi connectivity index (χ4v) is 0.262. The number of nitrogens with zero attached hydrogens (tertiary/aromatic N) is 1. The van der Waals surface area contributed by atoms with Gasteiger partial charge in [0.25, 0.3) is 0 Å². The summed E-state index contributed by atoms with van der Waals surface area (Å²) in [4.78, 5) is 3.62. The second-order valence-electron chi connectivity index (χ2n) is 1.16. The van der Waals surface area contributed by atoms with Crippen molar-refractivity contribution in [2.24, 2.45) is 10.7 Å². The summed E-state index contributed by atoms with van der Waals surface area (Å²) in [5, 5.41) is 0. The third-order valence-corrected chi connectivity index (χ3v) is 0.590. The molecule has 0 aromatic carbocycles. The molecule has 0 aliphatic carbocycles. The van der Waals surface area contributed by atoms with E-state index in [1.54, 1.807) is 0 Å². The highest BCUT2D eigenvalue weighted by Gasteiger charge is 1.69. The molecule has 0 fully saturated rings. The van der Waals surface area contributed by atoms with Gasteiger partial charge in [-0.1, -0.05) is 6.08 Å². The lowest BCUT2D eigenvalue weighted by molar-refractivity contribution is 1.01. The summed E-state index contributed by atoms with van der Waals surface area (Å²) in [6.07, 6.45) is 4.28. The van der Waals surface area contributed by atoms with Crippen molar-refractivity contribution in [1.29, 1.82) is 0 Å². The molecule has 2 nitrogen and oxygen atoms in total. The minimum absolute atomic E-state index is 0.772. The molecule has 0 aromatic heterocycles. The van der Waals surface area contributed by atoms with E-state index in [1.807, 2.05) is 6.08 Å². The monoisotopic (exact) mass is 98.1 g/mol. The van der Waals surface area contributed by atoms with Crippen molar-refractivity contribution < 1.29 is 0 Å². The van der Waals surface area contributed by atoms with Crippen LogP contribution in [-0.2, 0) is 0 Å². The first-order chi connectivity index (χ1) is 3.41. The minimum atomic E-state index is 0.772. The first kappa shape index (κ1) is 6.21. The van der Waals surface area contributed by atoms with E-state index in [2.05, 4.69) is 11.7 Å². The number of hydrogen-bond acceptors (Lipinski definition) is 2. The Morgan fingerprint density at radius 1 is 1.71 bits per heavy atom. The maximum Gasteiger partial charge on any atom is 0.0417 e. The number of aliphatic imine (C=N–C) groups is 1. The van der Waals surface area contributed by atoms with Crippen LogP contribution < -0.4 is 5.73 Å². The zero-order valence-corrected chi connectivity index (χ0v) is 4.30. The van der Waals surface area contributed by atoms with Gasteiger partial charge < -0.3 is 10.7 Å². The lowest BCUT2D eigenvalue weighted by atomic mass is 10.4. The summed E-state index contributed by atoms with van der Waals surface area (Å²) in [7, 11) is 0. The molecule has 0 saturated carbocycles. The van der Waals surface area contributed by atoms with E-state index in [1.165, 1.54) is 6.20 Å². The molecule has 0 aromatic rings. The van der Waals surface area contributed by atoms with Gasteiger partial charge in [-0.15, -0.1) is 0 Å². The van der Waals surface area contributed by atoms with Crippen molar-refractivity contribution in [3.05, 3.63) is 12.3 Å². The smallest absolute Gasteiger partial charge is 0.0417 e. The van der Waals surface area contributed by atoms with Crippen LogP contribution in [0.2, 0.25) is 0 Å². The van der Waals surface area contributed by atoms with Gasteiger partial charge in [0.05, 0.1) is 0 Å². The van der Waals surface area contributed by atoms with E-state index in [0.717, 1.165) is 13.0 Å². The first-order valence-electron chi connectivity index (χ1n) is 2.21. The molecule has 0 spiro atoms. The molecule has 7 heavy (non-hydrogen) atoms. The maximum absolute atomic E-state index is 5.03. The number of rotatable bonds is 3. The SMILES string of the molecule is C=NCC/C=C\N. The molecule has 0 aliphatic rings. The fraction of sp³-hybridized carbons (Fsp3) is 0.400. The van der Waals surface area contributed by atoms with Crippen LogP contribution in [0.25, 0.3) is 0 Å². The number of hydrogen-bond donors (Lipinski definition) is 1. The van der Waals surface area contributed by atoms with Crippen LogP contribution >= 0.6 is 0 Å². The molecule has 2 N–H and O–H groups in total. The van der Waals surface area contributed by atoms with Gasteiger partial charge in [-0.05, 0) is 19.3 Å². The van der Waals surface area contributed by atoms with Crippen LogP contribution in [0.1, 0.15) is 6.42 Å². The highest BCUT2D eigenvalue weighted by molar-refractivity contribution is 5.23. The summed E-state index contributed by atoms with van der Waals surface area (Å²) >= 11 is 0. The fourth-order valence-electron chi connectivity index (χ4n) is 0.262. The molecule has 40 valence electrons. The largest absolute Gasteiger partial charge is 0.405 e. The lowest BCUT2D eigenvalue weighted by Crippen LogP contribution is -1.78. The van der Waals surface area contributed by atoms with Gasteiger partial charge in [0.2, 0.25) is 0 Å². The normalized spacial score (nSPS) is 9.71. The molecule has 0 unspecified atom stereocenters. The van der Waals surface area contributed by atoms with Crippen LogP contribution in [0.15, 0.2) is 17.3 Å². The second-order valence-corrected chi connectivity index (χ2v) is 1.16. The van der Waals surface area contributed by atoms with Crippen LogP contribution in [0, 0.1) is 0 Å². The molecular formula is C5H10N2. The summed E-state index contributed by atoms with van der Waals surface area (Å²) in [5.74, 6) is 0. The van der Waals surface area contributed by atoms with Gasteiger partial charge in [0, 0.05) is 6.54 Å². The van der Waals surface area contributed by atoms with Crippen LogP contribution in [0.3, 0.4) is 0 Å². The van der Waals surface area contributed by atoms with Crippen molar-refractivity contribution in [2.45, 2.75) is 6.42 Å². The van der Waals surface area contributed by atoms with Crippen molar-refractivity contribution in [2.75, 3.05) is 6.54 Å². The highest BCUT2D eigenvalue weighted by atomic mass is 14.7. The Balaban J connectivity index is 2.82. The standard InChI is InChI=1S/C5H10N2/c1-7-5-3-2-4-6/h2,4H,1,3,5-6H2/b4-2-. The number of nitrogens with two attached hydrogens (primary N) is 1. The van der Waals surface area contributed by atoms with Crippen molar-refractivity contribution in [3.63, 3.8) is 0 Å². The Kier molecular flexibility index (Phi) is 4.62. The van der Waals surface area contributed by atoms with Crippen molar-refractivity contribution in [1.82, 2.24) is 0 Å². The van der Waals surface area contributed by atoms with Gasteiger partial charge in [0.1, 0.15) is 0 Å². The molecule has 0 heterocycles. The first-order valence-corrected chi connectivity index (χ1v) is 2.21. The van der Waals surface area contributed by atoms with E-state index in [9.17, 15) is 0 Å². The van der Waals surface area contributed by atoms with E-state index in [4.69, 9.17) is 5.73 Å². The van der Waals surface area contributed by atoms with E-state index in [0.29, 0.717) is 0 Å². The van der Waals surface area contributed by atoms with Crippen LogP contribution in [0.5, 0.6) is 0 Å². The Morgan fingerprint density at radius 3 is 2.86 bits per heavy atom. The molecule has 0 bridgehead atoms. The topological polar surface area (TPSA) is 38.4 Å². The van der Waals surface area contributed by atoms with Crippen LogP contribution in [-0.4, -0.2) is 13.3 Å². The molecule has 0 saturated heterocycles. The average molecular weight is 98.1 g/mol. The molecule has 0 amide bonds. The zero-order valence-electron chi connectivity index (χ0n) is 4.30. The molecular weight excluding hydrogens is 88.1 g/mol. The lowest BCUT2D eigenvalue weighted by Gasteiger charge is -1.79. The Hall–Kier alpha value is -0.790. The third kappa shape index (κ3) is 5.21. The molecule has 2 heteroatoms. The highest BCUT2D eigenvalue weighted by Crippen LogP contribution is 1.78. The third-order valence-electron chi connectivity index (χ3n) is 0.590. The summed E-state index contributed by atoms with van der Waals surface area (Å²) in [5.41, 5.74) is 5.03. The van der Waals surface area contributed by atoms with E-state index in [-0.39, 0.29) is 0 Å². The predicted octanol–water partition coefficient (Wildman–Crippen LogP) is 0.550. The molecule has 0 aliphatic heterocycles. The van der Waals surface area contributed by atoms with Gasteiger partial charge in [-0.3, -0.25) is 0 Å². The second kappa shape index (κ2) is 5.21. The van der Waals surface area contributed by atoms with Gasteiger partial charge in [-0.25, -0.2) is 0 Å². The van der Waals surface area contributed by atoms with Crippen molar-refractivity contribution >= 4 is 6.72 Å². The average Bonchev–Trinajstić information content (AvgIpc) is 1.69. The maximum atomic E-state index is 5.03. The summed E-state index contributed by atoms with van der Waals surface area (Å²) < 4.78 is 0. The minimum Gasteiger partial charge on any atom is -0.405 e. The Labute approximate surface area is 43.7 Å². The Morgan fingerprint density at radius 2 is 2.43 bits per heavy atom. The van der Waals surface area contributed by atoms with Gasteiger partial charge >= 0.3 is 0 Å². The quantitative estimate of drug-likeness (QED) is 0.406. The summed E-state index contributed by atoms with van der Waals surface area (Å²) in [6, 6.07) is 0. The van der Waals surface area contributed by atoms with Crippen molar-refractivity contribution in [3.8, 4) is 0 Å². The van der Waals surface area contributed by atoms with Gasteiger partial charge in [-0.2, -0.15) is 0 Å². The zero-order chi connectivity index (χ0) is 5.54. The summed E-state index contributed by atoms with van der Waals surface area (Å²) in [6.45, 7) is 4.08. The van der Waals surface area contributed by atoms with Crippen LogP contribution in [0.4, 0.5) is 0 Å². The molecule has 0 atom stereocenters. The molecule has 0 radical (unpaired) electrons. The molecule has 0 rings (SSSR count). The van der Waals surface area contributed by atoms with Gasteiger partial charge in [0.15, 0.2) is 0 Å². The predicted molar refractivity (Wildman–Crippen MR) is 32.4 cm³/mol. The van der Waals surface area contributed by atoms with E-state index < -0.39 is 0 Å². The Bertz CT molecular complexity index is 66.5.